The highest BCUT2D eigenvalue weighted by atomic mass is 31.2. The lowest BCUT2D eigenvalue weighted by Crippen LogP contribution is -2.45. The number of nitrogens with two attached hydrogens (primary N) is 1. The molecule has 3 aromatic rings. The highest BCUT2D eigenvalue weighted by molar-refractivity contribution is 7.49. The van der Waals surface area contributed by atoms with E-state index in [0.29, 0.717) is 11.3 Å². The largest absolute Gasteiger partial charge is 0.530 e. The van der Waals surface area contributed by atoms with Gasteiger partial charge in [-0.2, -0.15) is 4.98 Å². The van der Waals surface area contributed by atoms with Crippen LogP contribution in [0.4, 0.5) is 5.95 Å². The first kappa shape index (κ1) is 21.8. The third-order valence-electron chi connectivity index (χ3n) is 5.54. The van der Waals surface area contributed by atoms with Gasteiger partial charge in [-0.25, -0.2) is 9.55 Å². The van der Waals surface area contributed by atoms with E-state index in [1.165, 1.54) is 17.0 Å². The molecule has 14 heteroatoms. The number of phosphoric acid groups is 1. The van der Waals surface area contributed by atoms with Crippen LogP contribution in [0.15, 0.2) is 48.0 Å². The van der Waals surface area contributed by atoms with Gasteiger partial charge in [0.15, 0.2) is 17.4 Å². The minimum Gasteiger partial charge on any atom is -0.404 e. The van der Waals surface area contributed by atoms with E-state index in [1.807, 2.05) is 0 Å². The molecule has 2 aromatic heterocycles. The van der Waals surface area contributed by atoms with Crippen molar-refractivity contribution in [2.75, 3.05) is 12.3 Å². The quantitative estimate of drug-likeness (QED) is 0.298. The number of aromatic nitrogens is 4. The van der Waals surface area contributed by atoms with Crippen LogP contribution in [-0.2, 0) is 25.0 Å². The number of H-pyrrole nitrogens is 1. The van der Waals surface area contributed by atoms with Crippen LogP contribution < -0.4 is 15.8 Å². The third kappa shape index (κ3) is 3.55. The van der Waals surface area contributed by atoms with Crippen LogP contribution in [0.2, 0.25) is 0 Å². The van der Waals surface area contributed by atoms with Crippen molar-refractivity contribution in [2.24, 2.45) is 0 Å². The average Bonchev–Trinajstić information content (AvgIpc) is 3.32. The summed E-state index contributed by atoms with van der Waals surface area (Å²) in [4.78, 5) is 22.4. The summed E-state index contributed by atoms with van der Waals surface area (Å²) in [5.41, 5.74) is 4.05. The Bertz CT molecular complexity index is 1340. The van der Waals surface area contributed by atoms with E-state index < -0.39 is 44.0 Å². The van der Waals surface area contributed by atoms with E-state index in [9.17, 15) is 19.6 Å². The zero-order chi connectivity index (χ0) is 23.4. The molecule has 0 amide bonds. The maximum Gasteiger partial charge on any atom is 0.530 e. The summed E-state index contributed by atoms with van der Waals surface area (Å²) in [5, 5.41) is 21.5. The van der Waals surface area contributed by atoms with E-state index >= 15 is 0 Å². The fourth-order valence-electron chi connectivity index (χ4n) is 3.76. The summed E-state index contributed by atoms with van der Waals surface area (Å²) in [6.45, 7) is 3.15. The number of aliphatic hydroxyl groups excluding tert-OH is 2. The normalized spacial score (nSPS) is 31.3. The van der Waals surface area contributed by atoms with Gasteiger partial charge < -0.3 is 25.2 Å². The molecule has 1 unspecified atom stereocenters. The van der Waals surface area contributed by atoms with Gasteiger partial charge in [-0.15, -0.1) is 6.58 Å². The van der Waals surface area contributed by atoms with Crippen molar-refractivity contribution >= 4 is 24.9 Å². The Morgan fingerprint density at radius 1 is 1.42 bits per heavy atom. The fraction of sp³-hybridized carbons (Fsp3) is 0.316. The van der Waals surface area contributed by atoms with Gasteiger partial charge in [0.1, 0.15) is 23.6 Å². The molecule has 174 valence electrons. The zero-order valence-electron chi connectivity index (χ0n) is 17.0. The van der Waals surface area contributed by atoms with Crippen LogP contribution in [0.1, 0.15) is 11.8 Å². The molecule has 0 spiro atoms. The van der Waals surface area contributed by atoms with E-state index in [1.54, 1.807) is 24.3 Å². The molecule has 5 N–H and O–H groups in total. The van der Waals surface area contributed by atoms with Crippen molar-refractivity contribution in [3.8, 4) is 5.75 Å². The number of aromatic amines is 1. The molecule has 1 saturated heterocycles. The lowest BCUT2D eigenvalue weighted by atomic mass is 9.96. The molecule has 0 saturated carbocycles. The van der Waals surface area contributed by atoms with Crippen molar-refractivity contribution in [3.63, 3.8) is 0 Å². The predicted octanol–water partition coefficient (Wildman–Crippen LogP) is 0.611. The Balaban J connectivity index is 1.41. The summed E-state index contributed by atoms with van der Waals surface area (Å²) in [5.74, 6) is 0.190. The van der Waals surface area contributed by atoms with Gasteiger partial charge in [0.2, 0.25) is 5.95 Å². The van der Waals surface area contributed by atoms with Crippen LogP contribution >= 0.6 is 7.82 Å². The summed E-state index contributed by atoms with van der Waals surface area (Å²) >= 11 is 0. The molecule has 13 nitrogen and oxygen atoms in total. The standard InChI is InChI=1S/C19H20N5O8P/c1-2-19(8-30-33(28)29-7-10-5-3-4-6-11(10)32-33)14(26)13(25)17(31-19)24-9-21-12-15(24)22-18(20)23-16(12)27/h2-6,9,13-14,17,25-26H,1,7-8H2,(H3,20,22,23,27)/t13-,14+,17-,19-,33?/m1/s1. The lowest BCUT2D eigenvalue weighted by molar-refractivity contribution is -0.0963. The van der Waals surface area contributed by atoms with Crippen molar-refractivity contribution < 1.29 is 33.1 Å². The van der Waals surface area contributed by atoms with Gasteiger partial charge in [0, 0.05) is 5.56 Å². The second-order valence-corrected chi connectivity index (χ2v) is 9.16. The topological polar surface area (TPSA) is 184 Å². The van der Waals surface area contributed by atoms with Gasteiger partial charge in [-0.05, 0) is 6.07 Å². The Morgan fingerprint density at radius 3 is 3.00 bits per heavy atom. The number of hydrogen-bond donors (Lipinski definition) is 4. The SMILES string of the molecule is C=C[C@]1(COP2(=O)OCc3ccccc3O2)O[C@@H](n2cnc3c(=O)[nH]c(N)nc32)[C@H](O)[C@@H]1O. The first-order valence-electron chi connectivity index (χ1n) is 9.82. The summed E-state index contributed by atoms with van der Waals surface area (Å²) in [7, 11) is -4.05. The summed E-state index contributed by atoms with van der Waals surface area (Å²) in [6, 6.07) is 6.89. The Labute approximate surface area is 186 Å². The van der Waals surface area contributed by atoms with Gasteiger partial charge in [-0.1, -0.05) is 24.3 Å². The fourth-order valence-corrected chi connectivity index (χ4v) is 5.01. The number of nitrogens with one attached hydrogen (secondary N) is 1. The number of nitrogens with zero attached hydrogens (tertiary/aromatic N) is 3. The van der Waals surface area contributed by atoms with Gasteiger partial charge >= 0.3 is 7.82 Å². The van der Waals surface area contributed by atoms with Crippen LogP contribution in [0.25, 0.3) is 11.2 Å². The number of ether oxygens (including phenoxy) is 1. The maximum absolute atomic E-state index is 13.0. The molecule has 0 radical (unpaired) electrons. The molecule has 2 aliphatic heterocycles. The number of para-hydroxylation sites is 1. The third-order valence-corrected chi connectivity index (χ3v) is 6.85. The first-order valence-corrected chi connectivity index (χ1v) is 11.3. The van der Waals surface area contributed by atoms with Crippen LogP contribution in [-0.4, -0.2) is 54.1 Å². The second kappa shape index (κ2) is 7.76. The number of fused-ring (bicyclic) bond motifs is 2. The average molecular weight is 477 g/mol. The molecule has 4 heterocycles. The van der Waals surface area contributed by atoms with Crippen molar-refractivity contribution in [3.05, 3.63) is 59.2 Å². The Morgan fingerprint density at radius 2 is 2.21 bits per heavy atom. The molecule has 0 aliphatic carbocycles. The minimum atomic E-state index is -4.05. The Hall–Kier alpha value is -3.06. The molecule has 1 aromatic carbocycles. The predicted molar refractivity (Wildman–Crippen MR) is 113 cm³/mol. The first-order chi connectivity index (χ1) is 15.8. The number of nitrogen functional groups attached to an aromatic ring is 1. The molecule has 2 aliphatic rings. The monoisotopic (exact) mass is 477 g/mol. The number of anilines is 1. The van der Waals surface area contributed by atoms with E-state index in [0.717, 1.165) is 0 Å². The van der Waals surface area contributed by atoms with Crippen LogP contribution in [0, 0.1) is 0 Å². The molecule has 1 fully saturated rings. The lowest BCUT2D eigenvalue weighted by Gasteiger charge is -2.31. The molecule has 33 heavy (non-hydrogen) atoms. The van der Waals surface area contributed by atoms with E-state index in [2.05, 4.69) is 21.5 Å². The number of hydrogen-bond acceptors (Lipinski definition) is 11. The van der Waals surface area contributed by atoms with Gasteiger partial charge in [0.25, 0.3) is 5.56 Å². The number of rotatable bonds is 5. The molecular weight excluding hydrogens is 457 g/mol. The molecule has 0 bridgehead atoms. The van der Waals surface area contributed by atoms with Gasteiger partial charge in [0.05, 0.1) is 19.5 Å². The van der Waals surface area contributed by atoms with Crippen LogP contribution in [0.3, 0.4) is 0 Å². The highest BCUT2D eigenvalue weighted by Gasteiger charge is 2.55. The summed E-state index contributed by atoms with van der Waals surface area (Å²) < 4.78 is 36.3. The van der Waals surface area contributed by atoms with E-state index in [4.69, 9.17) is 24.0 Å². The van der Waals surface area contributed by atoms with Crippen molar-refractivity contribution in [1.29, 1.82) is 0 Å². The highest BCUT2D eigenvalue weighted by Crippen LogP contribution is 2.55. The van der Waals surface area contributed by atoms with Crippen molar-refractivity contribution in [2.45, 2.75) is 30.6 Å². The number of aliphatic hydroxyl groups is 2. The number of benzene rings is 1. The van der Waals surface area contributed by atoms with Crippen molar-refractivity contribution in [1.82, 2.24) is 19.5 Å². The molecular formula is C19H20N5O8P. The zero-order valence-corrected chi connectivity index (χ0v) is 17.9. The van der Waals surface area contributed by atoms with E-state index in [-0.39, 0.29) is 23.7 Å². The molecule has 5 atom stereocenters. The minimum absolute atomic E-state index is 0.00582. The Kier molecular flexibility index (Phi) is 5.12. The number of phosphoric ester groups is 1. The molecule has 5 rings (SSSR count). The van der Waals surface area contributed by atoms with Crippen LogP contribution in [0.5, 0.6) is 5.75 Å². The smallest absolute Gasteiger partial charge is 0.404 e. The second-order valence-electron chi connectivity index (χ2n) is 7.57. The summed E-state index contributed by atoms with van der Waals surface area (Å²) in [6.07, 6.45) is -1.87. The van der Waals surface area contributed by atoms with Gasteiger partial charge in [-0.3, -0.25) is 23.4 Å². The maximum atomic E-state index is 13.0. The number of imidazole rings is 1.